The predicted octanol–water partition coefficient (Wildman–Crippen LogP) is 4.21. The van der Waals surface area contributed by atoms with Crippen LogP contribution in [-0.4, -0.2) is 39.6 Å². The van der Waals surface area contributed by atoms with Crippen molar-refractivity contribution >= 4 is 46.1 Å². The maximum Gasteiger partial charge on any atom is 0.308 e. The lowest BCUT2D eigenvalue weighted by molar-refractivity contribution is -0.132. The average Bonchev–Trinajstić information content (AvgIpc) is 3.00. The zero-order valence-corrected chi connectivity index (χ0v) is 18.8. The number of ether oxygens (including phenoxy) is 1. The molecule has 31 heavy (non-hydrogen) atoms. The van der Waals surface area contributed by atoms with Crippen LogP contribution in [0.5, 0.6) is 5.75 Å². The molecule has 2 aromatic rings. The average molecular weight is 440 g/mol. The monoisotopic (exact) mass is 439 g/mol. The number of carbonyl (C=O) groups excluding carboxylic acids is 3. The Labute approximate surface area is 185 Å². The van der Waals surface area contributed by atoms with Gasteiger partial charge in [-0.2, -0.15) is 0 Å². The van der Waals surface area contributed by atoms with E-state index in [2.05, 4.69) is 10.3 Å². The van der Waals surface area contributed by atoms with Crippen LogP contribution < -0.4 is 10.1 Å². The van der Waals surface area contributed by atoms with Crippen LogP contribution in [0.4, 0.5) is 11.4 Å². The highest BCUT2D eigenvalue weighted by atomic mass is 32.2. The number of benzene rings is 2. The van der Waals surface area contributed by atoms with E-state index in [0.29, 0.717) is 17.4 Å². The van der Waals surface area contributed by atoms with Crippen molar-refractivity contribution < 1.29 is 19.1 Å². The molecule has 0 bridgehead atoms. The highest BCUT2D eigenvalue weighted by molar-refractivity contribution is 8.15. The fraction of sp³-hybridized carbons (Fsp3) is 0.304. The summed E-state index contributed by atoms with van der Waals surface area (Å²) in [4.78, 5) is 43.0. The SMILES string of the molecule is CCN1C(=O)C(CC(=O)Nc2ccccc2OC(C)=O)SC1=Nc1ccc(C)c(C)c1. The Bertz CT molecular complexity index is 1050. The molecule has 0 saturated carbocycles. The Morgan fingerprint density at radius 1 is 1.16 bits per heavy atom. The molecule has 3 rings (SSSR count). The first-order valence-corrected chi connectivity index (χ1v) is 10.9. The van der Waals surface area contributed by atoms with Gasteiger partial charge in [0.05, 0.1) is 11.4 Å². The van der Waals surface area contributed by atoms with Gasteiger partial charge < -0.3 is 10.1 Å². The number of nitrogens with zero attached hydrogens (tertiary/aromatic N) is 2. The zero-order chi connectivity index (χ0) is 22.5. The highest BCUT2D eigenvalue weighted by Crippen LogP contribution is 2.32. The number of esters is 1. The van der Waals surface area contributed by atoms with Crippen molar-refractivity contribution in [3.63, 3.8) is 0 Å². The van der Waals surface area contributed by atoms with Crippen molar-refractivity contribution in [1.29, 1.82) is 0 Å². The molecule has 0 aliphatic carbocycles. The molecular weight excluding hydrogens is 414 g/mol. The molecule has 1 saturated heterocycles. The minimum atomic E-state index is -0.564. The van der Waals surface area contributed by atoms with Gasteiger partial charge in [0, 0.05) is 19.9 Å². The number of rotatable bonds is 6. The van der Waals surface area contributed by atoms with Crippen LogP contribution in [0.2, 0.25) is 0 Å². The van der Waals surface area contributed by atoms with Crippen LogP contribution in [0.3, 0.4) is 0 Å². The summed E-state index contributed by atoms with van der Waals surface area (Å²) >= 11 is 1.29. The van der Waals surface area contributed by atoms with Crippen molar-refractivity contribution in [2.45, 2.75) is 39.4 Å². The van der Waals surface area contributed by atoms with Crippen LogP contribution in [0, 0.1) is 13.8 Å². The molecule has 1 aliphatic heterocycles. The molecule has 162 valence electrons. The Morgan fingerprint density at radius 3 is 2.58 bits per heavy atom. The molecule has 0 spiro atoms. The first-order chi connectivity index (χ1) is 14.8. The van der Waals surface area contributed by atoms with E-state index in [9.17, 15) is 14.4 Å². The number of para-hydroxylation sites is 2. The van der Waals surface area contributed by atoms with E-state index in [0.717, 1.165) is 11.3 Å². The molecule has 2 aromatic carbocycles. The molecular formula is C23H25N3O4S. The van der Waals surface area contributed by atoms with Gasteiger partial charge in [0.15, 0.2) is 10.9 Å². The number of hydrogen-bond acceptors (Lipinski definition) is 6. The van der Waals surface area contributed by atoms with Gasteiger partial charge >= 0.3 is 5.97 Å². The lowest BCUT2D eigenvalue weighted by atomic mass is 10.1. The van der Waals surface area contributed by atoms with Gasteiger partial charge in [-0.3, -0.25) is 19.3 Å². The third kappa shape index (κ3) is 5.52. The largest absolute Gasteiger partial charge is 0.424 e. The Hall–Kier alpha value is -3.13. The first kappa shape index (κ1) is 22.6. The third-order valence-electron chi connectivity index (χ3n) is 4.84. The lowest BCUT2D eigenvalue weighted by Crippen LogP contribution is -2.33. The maximum absolute atomic E-state index is 12.8. The lowest BCUT2D eigenvalue weighted by Gasteiger charge is -2.14. The topological polar surface area (TPSA) is 88.1 Å². The molecule has 1 atom stereocenters. The maximum atomic E-state index is 12.8. The Balaban J connectivity index is 1.73. The molecule has 8 heteroatoms. The number of thioether (sulfide) groups is 1. The van der Waals surface area contributed by atoms with Crippen LogP contribution in [0.25, 0.3) is 0 Å². The summed E-state index contributed by atoms with van der Waals surface area (Å²) < 4.78 is 5.12. The van der Waals surface area contributed by atoms with E-state index in [1.807, 2.05) is 39.0 Å². The molecule has 7 nitrogen and oxygen atoms in total. The number of carbonyl (C=O) groups is 3. The van der Waals surface area contributed by atoms with E-state index in [4.69, 9.17) is 4.74 Å². The summed E-state index contributed by atoms with van der Waals surface area (Å²) in [6, 6.07) is 12.6. The van der Waals surface area contributed by atoms with Crippen molar-refractivity contribution in [2.24, 2.45) is 4.99 Å². The summed E-state index contributed by atoms with van der Waals surface area (Å²) in [5, 5.41) is 2.76. The third-order valence-corrected chi connectivity index (χ3v) is 6.01. The van der Waals surface area contributed by atoms with E-state index < -0.39 is 11.2 Å². The van der Waals surface area contributed by atoms with Gasteiger partial charge in [-0.15, -0.1) is 0 Å². The molecule has 1 aliphatic rings. The minimum absolute atomic E-state index is 0.0135. The van der Waals surface area contributed by atoms with Gasteiger partial charge in [-0.05, 0) is 56.2 Å². The molecule has 2 amide bonds. The van der Waals surface area contributed by atoms with E-state index in [1.54, 1.807) is 29.2 Å². The molecule has 1 N–H and O–H groups in total. The summed E-state index contributed by atoms with van der Waals surface area (Å²) in [5.41, 5.74) is 3.46. The Kier molecular flexibility index (Phi) is 7.12. The van der Waals surface area contributed by atoms with Gasteiger partial charge in [0.2, 0.25) is 11.8 Å². The minimum Gasteiger partial charge on any atom is -0.424 e. The van der Waals surface area contributed by atoms with Gasteiger partial charge in [0.1, 0.15) is 5.25 Å². The zero-order valence-electron chi connectivity index (χ0n) is 18.0. The summed E-state index contributed by atoms with van der Waals surface area (Å²) in [6.45, 7) is 7.70. The number of anilines is 1. The number of amides is 2. The van der Waals surface area contributed by atoms with Crippen molar-refractivity contribution in [3.8, 4) is 5.75 Å². The number of amidine groups is 1. The number of aliphatic imine (C=N–C) groups is 1. The number of hydrogen-bond donors (Lipinski definition) is 1. The fourth-order valence-electron chi connectivity index (χ4n) is 3.11. The second-order valence-corrected chi connectivity index (χ2v) is 8.36. The standard InChI is InChI=1S/C23H25N3O4S/c1-5-26-22(29)20(31-23(26)24-17-11-10-14(2)15(3)12-17)13-21(28)25-18-8-6-7-9-19(18)30-16(4)27/h6-12,20H,5,13H2,1-4H3,(H,25,28). The summed E-state index contributed by atoms with van der Waals surface area (Å²) in [5.74, 6) is -0.692. The van der Waals surface area contributed by atoms with E-state index >= 15 is 0 Å². The van der Waals surface area contributed by atoms with E-state index in [1.165, 1.54) is 24.2 Å². The number of aryl methyl sites for hydroxylation is 2. The normalized spacial score (nSPS) is 17.2. The van der Waals surface area contributed by atoms with Gasteiger partial charge in [-0.25, -0.2) is 4.99 Å². The smallest absolute Gasteiger partial charge is 0.308 e. The Morgan fingerprint density at radius 2 is 1.90 bits per heavy atom. The van der Waals surface area contributed by atoms with Crippen LogP contribution in [0.15, 0.2) is 47.5 Å². The molecule has 1 fully saturated rings. The second kappa shape index (κ2) is 9.78. The van der Waals surface area contributed by atoms with Crippen molar-refractivity contribution in [1.82, 2.24) is 4.90 Å². The highest BCUT2D eigenvalue weighted by Gasteiger charge is 2.38. The van der Waals surface area contributed by atoms with Crippen LogP contribution >= 0.6 is 11.8 Å². The van der Waals surface area contributed by atoms with Gasteiger partial charge in [-0.1, -0.05) is 30.0 Å². The second-order valence-electron chi connectivity index (χ2n) is 7.19. The fourth-order valence-corrected chi connectivity index (χ4v) is 4.33. The quantitative estimate of drug-likeness (QED) is 0.538. The predicted molar refractivity (Wildman–Crippen MR) is 123 cm³/mol. The molecule has 0 radical (unpaired) electrons. The first-order valence-electron chi connectivity index (χ1n) is 9.99. The van der Waals surface area contributed by atoms with Crippen LogP contribution in [0.1, 0.15) is 31.4 Å². The summed E-state index contributed by atoms with van der Waals surface area (Å²) in [6.07, 6.45) is -0.0135. The van der Waals surface area contributed by atoms with Gasteiger partial charge in [0.25, 0.3) is 0 Å². The molecule has 1 unspecified atom stereocenters. The van der Waals surface area contributed by atoms with Crippen molar-refractivity contribution in [2.75, 3.05) is 11.9 Å². The molecule has 1 heterocycles. The van der Waals surface area contributed by atoms with Crippen molar-refractivity contribution in [3.05, 3.63) is 53.6 Å². The van der Waals surface area contributed by atoms with Crippen LogP contribution in [-0.2, 0) is 14.4 Å². The van der Waals surface area contributed by atoms with E-state index in [-0.39, 0.29) is 24.0 Å². The number of nitrogens with one attached hydrogen (secondary N) is 1. The molecule has 0 aromatic heterocycles. The summed E-state index contributed by atoms with van der Waals surface area (Å²) in [7, 11) is 0.